The molecular formula is C5H5N3O. The largest absolute Gasteiger partial charge is 0.399 e. The van der Waals surface area contributed by atoms with Crippen molar-refractivity contribution in [1.29, 1.82) is 10.5 Å². The molecule has 0 spiro atoms. The molecule has 0 bridgehead atoms. The van der Waals surface area contributed by atoms with Crippen LogP contribution in [0.15, 0.2) is 11.5 Å². The van der Waals surface area contributed by atoms with Crippen molar-refractivity contribution in [1.82, 2.24) is 0 Å². The molecule has 0 radical (unpaired) electrons. The molecule has 0 aromatic heterocycles. The summed E-state index contributed by atoms with van der Waals surface area (Å²) in [6.45, 7) is 1.48. The van der Waals surface area contributed by atoms with E-state index in [4.69, 9.17) is 16.3 Å². The van der Waals surface area contributed by atoms with Crippen molar-refractivity contribution in [2.75, 3.05) is 0 Å². The molecule has 0 unspecified atom stereocenters. The van der Waals surface area contributed by atoms with E-state index in [0.29, 0.717) is 0 Å². The van der Waals surface area contributed by atoms with Crippen LogP contribution >= 0.6 is 0 Å². The summed E-state index contributed by atoms with van der Waals surface area (Å²) < 4.78 is 4.15. The van der Waals surface area contributed by atoms with E-state index in [1.807, 2.05) is 0 Å². The Morgan fingerprint density at radius 2 is 2.11 bits per heavy atom. The summed E-state index contributed by atoms with van der Waals surface area (Å²) in [5, 5.41) is 16.1. The van der Waals surface area contributed by atoms with Crippen LogP contribution in [0.2, 0.25) is 0 Å². The first-order valence-corrected chi connectivity index (χ1v) is 2.14. The molecule has 46 valence electrons. The van der Waals surface area contributed by atoms with Crippen LogP contribution in [-0.2, 0) is 4.74 Å². The van der Waals surface area contributed by atoms with Crippen LogP contribution in [0.25, 0.3) is 0 Å². The van der Waals surface area contributed by atoms with Crippen molar-refractivity contribution in [3.8, 4) is 12.3 Å². The Hall–Kier alpha value is -1.68. The van der Waals surface area contributed by atoms with Crippen molar-refractivity contribution in [2.24, 2.45) is 5.73 Å². The summed E-state index contributed by atoms with van der Waals surface area (Å²) in [5.41, 5.74) is 5.32. The minimum Gasteiger partial charge on any atom is -0.399 e. The Bertz CT molecular complexity index is 201. The summed E-state index contributed by atoms with van der Waals surface area (Å²) in [4.78, 5) is 0. The molecule has 0 rings (SSSR count). The van der Waals surface area contributed by atoms with Crippen LogP contribution in [0, 0.1) is 22.8 Å². The Kier molecular flexibility index (Phi) is 2.72. The molecule has 0 amide bonds. The summed E-state index contributed by atoms with van der Waals surface area (Å²) in [6, 6.07) is 1.61. The minimum atomic E-state index is -0.141. The first-order chi connectivity index (χ1) is 4.22. The van der Waals surface area contributed by atoms with Crippen LogP contribution < -0.4 is 5.73 Å². The van der Waals surface area contributed by atoms with Crippen LogP contribution in [0.1, 0.15) is 6.92 Å². The second-order valence-electron chi connectivity index (χ2n) is 1.32. The lowest BCUT2D eigenvalue weighted by atomic mass is 10.4. The zero-order chi connectivity index (χ0) is 7.28. The Morgan fingerprint density at radius 1 is 1.56 bits per heavy atom. The molecule has 2 N–H and O–H groups in total. The maximum absolute atomic E-state index is 8.16. The average molecular weight is 123 g/mol. The van der Waals surface area contributed by atoms with E-state index >= 15 is 0 Å². The topological polar surface area (TPSA) is 82.8 Å². The van der Waals surface area contributed by atoms with Gasteiger partial charge in [-0.3, -0.25) is 0 Å². The van der Waals surface area contributed by atoms with Gasteiger partial charge in [-0.15, -0.1) is 5.26 Å². The average Bonchev–Trinajstić information content (AvgIpc) is 1.82. The van der Waals surface area contributed by atoms with Crippen molar-refractivity contribution >= 4 is 0 Å². The first-order valence-electron chi connectivity index (χ1n) is 2.14. The van der Waals surface area contributed by atoms with Crippen molar-refractivity contribution in [2.45, 2.75) is 6.92 Å². The van der Waals surface area contributed by atoms with Gasteiger partial charge in [-0.2, -0.15) is 5.26 Å². The summed E-state index contributed by atoms with van der Waals surface area (Å²) in [5.74, 6) is -0.141. The van der Waals surface area contributed by atoms with Crippen LogP contribution in [0.3, 0.4) is 0 Å². The normalized spacial score (nSPS) is 10.6. The maximum Gasteiger partial charge on any atom is 0.293 e. The van der Waals surface area contributed by atoms with E-state index < -0.39 is 0 Å². The van der Waals surface area contributed by atoms with Crippen molar-refractivity contribution < 1.29 is 4.74 Å². The number of ether oxygens (including phenoxy) is 1. The zero-order valence-electron chi connectivity index (χ0n) is 4.88. The second kappa shape index (κ2) is 3.34. The molecule has 4 heteroatoms. The third-order valence-corrected chi connectivity index (χ3v) is 0.607. The fraction of sp³-hybridized carbons (Fsp3) is 0.200. The lowest BCUT2D eigenvalue weighted by Gasteiger charge is -1.91. The van der Waals surface area contributed by atoms with E-state index in [2.05, 4.69) is 4.74 Å². The van der Waals surface area contributed by atoms with Crippen LogP contribution in [-0.4, -0.2) is 0 Å². The summed E-state index contributed by atoms with van der Waals surface area (Å²) in [7, 11) is 0. The highest BCUT2D eigenvalue weighted by Gasteiger charge is 1.96. The fourth-order valence-corrected chi connectivity index (χ4v) is 0.237. The van der Waals surface area contributed by atoms with Gasteiger partial charge in [0.15, 0.2) is 0 Å². The van der Waals surface area contributed by atoms with Crippen molar-refractivity contribution in [3.63, 3.8) is 0 Å². The van der Waals surface area contributed by atoms with E-state index in [9.17, 15) is 0 Å². The monoisotopic (exact) mass is 123 g/mol. The molecule has 0 atom stereocenters. The van der Waals surface area contributed by atoms with Gasteiger partial charge < -0.3 is 10.5 Å². The van der Waals surface area contributed by atoms with Crippen LogP contribution in [0.5, 0.6) is 0 Å². The number of nitrogens with zero attached hydrogens (tertiary/aromatic N) is 2. The fourth-order valence-electron chi connectivity index (χ4n) is 0.237. The molecule has 0 aliphatic rings. The van der Waals surface area contributed by atoms with E-state index in [1.54, 1.807) is 6.07 Å². The van der Waals surface area contributed by atoms with E-state index in [-0.39, 0.29) is 11.5 Å². The smallest absolute Gasteiger partial charge is 0.293 e. The Labute approximate surface area is 52.7 Å². The molecule has 0 fully saturated rings. The van der Waals surface area contributed by atoms with Gasteiger partial charge in [0.05, 0.1) is 5.70 Å². The van der Waals surface area contributed by atoms with Gasteiger partial charge >= 0.3 is 0 Å². The van der Waals surface area contributed by atoms with Gasteiger partial charge in [-0.25, -0.2) is 0 Å². The molecule has 0 aromatic rings. The summed E-state index contributed by atoms with van der Waals surface area (Å²) in [6.07, 6.45) is 1.34. The van der Waals surface area contributed by atoms with E-state index in [0.717, 1.165) is 0 Å². The molecule has 0 aliphatic carbocycles. The molecule has 0 saturated heterocycles. The first kappa shape index (κ1) is 7.32. The predicted molar refractivity (Wildman–Crippen MR) is 29.2 cm³/mol. The highest BCUT2D eigenvalue weighted by Crippen LogP contribution is 1.96. The highest BCUT2D eigenvalue weighted by atomic mass is 16.5. The lowest BCUT2D eigenvalue weighted by Crippen LogP contribution is -1.97. The van der Waals surface area contributed by atoms with Gasteiger partial charge in [0.25, 0.3) is 6.26 Å². The second-order valence-corrected chi connectivity index (χ2v) is 1.32. The molecular weight excluding hydrogens is 118 g/mol. The SMILES string of the molecule is C/C(N)=C(/C#N)OC#N. The molecule has 0 aromatic carbocycles. The van der Waals surface area contributed by atoms with Gasteiger partial charge in [-0.1, -0.05) is 0 Å². The van der Waals surface area contributed by atoms with Crippen molar-refractivity contribution in [3.05, 3.63) is 11.5 Å². The predicted octanol–water partition coefficient (Wildman–Crippen LogP) is 0.198. The molecule has 0 heterocycles. The Balaban J connectivity index is 4.26. The zero-order valence-corrected chi connectivity index (χ0v) is 4.88. The number of rotatable bonds is 1. The quantitative estimate of drug-likeness (QED) is 0.306. The third kappa shape index (κ3) is 2.20. The van der Waals surface area contributed by atoms with Gasteiger partial charge in [-0.05, 0) is 6.92 Å². The molecule has 0 saturated carbocycles. The third-order valence-electron chi connectivity index (χ3n) is 0.607. The summed E-state index contributed by atoms with van der Waals surface area (Å²) >= 11 is 0. The van der Waals surface area contributed by atoms with Gasteiger partial charge in [0, 0.05) is 0 Å². The number of hydrogen-bond acceptors (Lipinski definition) is 4. The lowest BCUT2D eigenvalue weighted by molar-refractivity contribution is 0.390. The Morgan fingerprint density at radius 3 is 2.22 bits per heavy atom. The van der Waals surface area contributed by atoms with Crippen LogP contribution in [0.4, 0.5) is 0 Å². The molecule has 0 aliphatic heterocycles. The minimum absolute atomic E-state index is 0.141. The number of nitrogens with two attached hydrogens (primary N) is 1. The van der Waals surface area contributed by atoms with Gasteiger partial charge in [0.1, 0.15) is 6.07 Å². The highest BCUT2D eigenvalue weighted by molar-refractivity contribution is 5.18. The molecule has 9 heavy (non-hydrogen) atoms. The number of hydrogen-bond donors (Lipinski definition) is 1. The molecule has 4 nitrogen and oxygen atoms in total. The van der Waals surface area contributed by atoms with Gasteiger partial charge in [0.2, 0.25) is 5.76 Å². The number of nitriles is 2. The standard InChI is InChI=1S/C5H5N3O/c1-4(8)5(2-6)9-3-7/h8H2,1H3/b5-4+. The van der Waals surface area contributed by atoms with E-state index in [1.165, 1.54) is 13.2 Å². The number of allylic oxidation sites excluding steroid dienone is 2. The maximum atomic E-state index is 8.16.